The van der Waals surface area contributed by atoms with Crippen molar-refractivity contribution in [3.05, 3.63) is 48.6 Å². The van der Waals surface area contributed by atoms with Crippen LogP contribution >= 0.6 is 0 Å². The molecule has 6 nitrogen and oxygen atoms in total. The average molecular weight is 954 g/mol. The molecular weight excluding hydrogens is 841 g/mol. The smallest absolute Gasteiger partial charge is 0.306 e. The van der Waals surface area contributed by atoms with Crippen LogP contribution in [0.3, 0.4) is 0 Å². The summed E-state index contributed by atoms with van der Waals surface area (Å²) in [5, 5.41) is 0. The predicted octanol–water partition coefficient (Wildman–Crippen LogP) is 19.8. The lowest BCUT2D eigenvalue weighted by atomic mass is 10.0. The normalized spacial score (nSPS) is 12.3. The lowest BCUT2D eigenvalue weighted by Crippen LogP contribution is -2.30. The van der Waals surface area contributed by atoms with E-state index < -0.39 is 6.10 Å². The number of carbonyl (C=O) groups is 3. The molecule has 0 N–H and O–H groups in total. The summed E-state index contributed by atoms with van der Waals surface area (Å²) in [5.74, 6) is -0.878. The molecule has 1 atom stereocenters. The molecule has 0 aromatic heterocycles. The van der Waals surface area contributed by atoms with Gasteiger partial charge in [-0.05, 0) is 57.8 Å². The molecule has 6 heteroatoms. The van der Waals surface area contributed by atoms with E-state index >= 15 is 0 Å². The van der Waals surface area contributed by atoms with Gasteiger partial charge in [-0.25, -0.2) is 0 Å². The van der Waals surface area contributed by atoms with Crippen molar-refractivity contribution in [2.45, 2.75) is 316 Å². The summed E-state index contributed by atoms with van der Waals surface area (Å²) in [6.45, 7) is 6.53. The fraction of sp³-hybridized carbons (Fsp3) is 0.823. The number of ether oxygens (including phenoxy) is 3. The van der Waals surface area contributed by atoms with Crippen molar-refractivity contribution < 1.29 is 28.6 Å². The predicted molar refractivity (Wildman–Crippen MR) is 293 cm³/mol. The standard InChI is InChI=1S/C62H112O6/c1-4-7-10-13-16-19-21-23-25-27-29-30-31-32-34-35-37-39-41-43-46-49-52-55-61(64)67-58-59(57-66-60(63)54-51-48-45-18-15-12-9-6-3)68-62(65)56-53-50-47-44-42-40-38-36-33-28-26-24-22-20-17-14-11-8-5-2/h8,11,17,20,24,26,33,36,59H,4-7,9-10,12-16,18-19,21-23,25,27-32,34-35,37-58H2,1-3H3/b11-8-,20-17-,26-24-,36-33-. The highest BCUT2D eigenvalue weighted by molar-refractivity contribution is 5.71. The molecule has 0 bridgehead atoms. The van der Waals surface area contributed by atoms with Crippen molar-refractivity contribution in [3.63, 3.8) is 0 Å². The first-order valence-electron chi connectivity index (χ1n) is 29.6. The first-order valence-corrected chi connectivity index (χ1v) is 29.6. The van der Waals surface area contributed by atoms with Crippen LogP contribution in [0.2, 0.25) is 0 Å². The highest BCUT2D eigenvalue weighted by atomic mass is 16.6. The van der Waals surface area contributed by atoms with Crippen LogP contribution in [0.1, 0.15) is 310 Å². The number of rotatable bonds is 54. The minimum absolute atomic E-state index is 0.0752. The van der Waals surface area contributed by atoms with Gasteiger partial charge >= 0.3 is 17.9 Å². The molecular formula is C62H112O6. The number of esters is 3. The van der Waals surface area contributed by atoms with Crippen LogP contribution in [0.4, 0.5) is 0 Å². The van der Waals surface area contributed by atoms with Gasteiger partial charge in [0.15, 0.2) is 6.10 Å². The molecule has 0 rings (SSSR count). The second kappa shape index (κ2) is 57.0. The molecule has 0 aliphatic rings. The minimum Gasteiger partial charge on any atom is -0.462 e. The van der Waals surface area contributed by atoms with E-state index in [0.29, 0.717) is 19.3 Å². The minimum atomic E-state index is -0.776. The quantitative estimate of drug-likeness (QED) is 0.0262. The zero-order valence-corrected chi connectivity index (χ0v) is 45.4. The third-order valence-electron chi connectivity index (χ3n) is 13.1. The zero-order chi connectivity index (χ0) is 49.3. The van der Waals surface area contributed by atoms with E-state index in [1.54, 1.807) is 0 Å². The third kappa shape index (κ3) is 54.3. The monoisotopic (exact) mass is 953 g/mol. The fourth-order valence-corrected chi connectivity index (χ4v) is 8.67. The van der Waals surface area contributed by atoms with E-state index in [1.165, 1.54) is 173 Å². The Bertz CT molecular complexity index is 1190. The highest BCUT2D eigenvalue weighted by Gasteiger charge is 2.19. The van der Waals surface area contributed by atoms with Crippen molar-refractivity contribution in [1.29, 1.82) is 0 Å². The van der Waals surface area contributed by atoms with E-state index in [-0.39, 0.29) is 31.1 Å². The molecule has 0 amide bonds. The number of carbonyl (C=O) groups excluding carboxylic acids is 3. The summed E-state index contributed by atoms with van der Waals surface area (Å²) in [5.41, 5.74) is 0. The van der Waals surface area contributed by atoms with Gasteiger partial charge in [0, 0.05) is 19.3 Å². The van der Waals surface area contributed by atoms with Gasteiger partial charge < -0.3 is 14.2 Å². The Balaban J connectivity index is 4.19. The molecule has 0 aromatic rings. The molecule has 0 radical (unpaired) electrons. The first kappa shape index (κ1) is 65.4. The summed E-state index contributed by atoms with van der Waals surface area (Å²) in [6, 6.07) is 0. The van der Waals surface area contributed by atoms with Crippen molar-refractivity contribution in [2.24, 2.45) is 0 Å². The number of hydrogen-bond donors (Lipinski definition) is 0. The van der Waals surface area contributed by atoms with Crippen LogP contribution in [0, 0.1) is 0 Å². The molecule has 0 spiro atoms. The van der Waals surface area contributed by atoms with Crippen LogP contribution in [0.15, 0.2) is 48.6 Å². The van der Waals surface area contributed by atoms with Crippen LogP contribution in [-0.2, 0) is 28.6 Å². The lowest BCUT2D eigenvalue weighted by molar-refractivity contribution is -0.167. The van der Waals surface area contributed by atoms with Crippen LogP contribution in [0.5, 0.6) is 0 Å². The first-order chi connectivity index (χ1) is 33.5. The zero-order valence-electron chi connectivity index (χ0n) is 45.4. The van der Waals surface area contributed by atoms with Crippen molar-refractivity contribution >= 4 is 17.9 Å². The molecule has 0 aliphatic heterocycles. The van der Waals surface area contributed by atoms with Gasteiger partial charge in [-0.1, -0.05) is 281 Å². The highest BCUT2D eigenvalue weighted by Crippen LogP contribution is 2.17. The number of hydrogen-bond acceptors (Lipinski definition) is 6. The molecule has 0 saturated carbocycles. The fourth-order valence-electron chi connectivity index (χ4n) is 8.67. The lowest BCUT2D eigenvalue weighted by Gasteiger charge is -2.18. The van der Waals surface area contributed by atoms with Gasteiger partial charge in [-0.2, -0.15) is 0 Å². The number of allylic oxidation sites excluding steroid dienone is 8. The van der Waals surface area contributed by atoms with Crippen LogP contribution < -0.4 is 0 Å². The Morgan fingerprint density at radius 2 is 0.574 bits per heavy atom. The van der Waals surface area contributed by atoms with Gasteiger partial charge in [-0.15, -0.1) is 0 Å². The summed E-state index contributed by atoms with van der Waals surface area (Å²) in [4.78, 5) is 38.0. The molecule has 0 aliphatic carbocycles. The molecule has 68 heavy (non-hydrogen) atoms. The van der Waals surface area contributed by atoms with E-state index in [1.807, 2.05) is 0 Å². The van der Waals surface area contributed by atoms with Crippen LogP contribution in [-0.4, -0.2) is 37.2 Å². The molecule has 396 valence electrons. The molecule has 0 saturated heterocycles. The van der Waals surface area contributed by atoms with Gasteiger partial charge in [0.2, 0.25) is 0 Å². The molecule has 0 aromatic carbocycles. The largest absolute Gasteiger partial charge is 0.462 e. The number of unbranched alkanes of at least 4 members (excludes halogenated alkanes) is 35. The summed E-state index contributed by atoms with van der Waals surface area (Å²) in [7, 11) is 0. The van der Waals surface area contributed by atoms with Gasteiger partial charge in [-0.3, -0.25) is 14.4 Å². The van der Waals surface area contributed by atoms with E-state index in [9.17, 15) is 14.4 Å². The van der Waals surface area contributed by atoms with Crippen LogP contribution in [0.25, 0.3) is 0 Å². The Morgan fingerprint density at radius 1 is 0.309 bits per heavy atom. The second-order valence-corrected chi connectivity index (χ2v) is 19.9. The topological polar surface area (TPSA) is 78.9 Å². The Morgan fingerprint density at radius 3 is 0.897 bits per heavy atom. The van der Waals surface area contributed by atoms with E-state index in [2.05, 4.69) is 69.4 Å². The Labute approximate surface area is 422 Å². The average Bonchev–Trinajstić information content (AvgIpc) is 3.34. The van der Waals surface area contributed by atoms with Gasteiger partial charge in [0.05, 0.1) is 0 Å². The summed E-state index contributed by atoms with van der Waals surface area (Å²) in [6.07, 6.45) is 69.8. The Hall–Kier alpha value is -2.63. The summed E-state index contributed by atoms with van der Waals surface area (Å²) >= 11 is 0. The summed E-state index contributed by atoms with van der Waals surface area (Å²) < 4.78 is 16.8. The maximum atomic E-state index is 12.8. The maximum absolute atomic E-state index is 12.8. The van der Waals surface area contributed by atoms with Crippen molar-refractivity contribution in [1.82, 2.24) is 0 Å². The molecule has 0 heterocycles. The van der Waals surface area contributed by atoms with Gasteiger partial charge in [0.1, 0.15) is 13.2 Å². The Kier molecular flexibility index (Phi) is 54.8. The molecule has 0 fully saturated rings. The molecule has 1 unspecified atom stereocenters. The SMILES string of the molecule is CC/C=C\C/C=C\C/C=C\C/C=C\CCCCCCCCC(=O)OC(COC(=O)CCCCCCCCCC)COC(=O)CCCCCCCCCCCCCCCCCCCCCCCCC. The third-order valence-corrected chi connectivity index (χ3v) is 13.1. The van der Waals surface area contributed by atoms with Crippen molar-refractivity contribution in [3.8, 4) is 0 Å². The van der Waals surface area contributed by atoms with Crippen molar-refractivity contribution in [2.75, 3.05) is 13.2 Å². The maximum Gasteiger partial charge on any atom is 0.306 e. The van der Waals surface area contributed by atoms with Gasteiger partial charge in [0.25, 0.3) is 0 Å². The van der Waals surface area contributed by atoms with E-state index in [4.69, 9.17) is 14.2 Å². The second-order valence-electron chi connectivity index (χ2n) is 19.9. The van der Waals surface area contributed by atoms with E-state index in [0.717, 1.165) is 96.3 Å².